The molecule has 0 aliphatic carbocycles. The number of piperidine rings is 1. The molecule has 0 saturated carbocycles. The van der Waals surface area contributed by atoms with Gasteiger partial charge in [0.1, 0.15) is 12.4 Å². The van der Waals surface area contributed by atoms with Crippen LogP contribution in [0.2, 0.25) is 0 Å². The number of carbonyl (C=O) groups excluding carboxylic acids is 2. The minimum atomic E-state index is -0.188. The van der Waals surface area contributed by atoms with Gasteiger partial charge in [-0.25, -0.2) is 0 Å². The standard InChI is InChI=1S/C23H23NO4/c1-27-15-20-10-11-21(28-20)23(26)24-12-4-7-19(14-24)22(25)18-9-8-16-5-2-3-6-17(16)13-18/h2-3,5-6,8-11,13,19H,4,7,12,14-15H2,1H3. The summed E-state index contributed by atoms with van der Waals surface area (Å²) in [7, 11) is 1.58. The predicted molar refractivity (Wildman–Crippen MR) is 106 cm³/mol. The molecular formula is C23H23NO4. The molecule has 1 aromatic heterocycles. The van der Waals surface area contributed by atoms with Crippen molar-refractivity contribution in [2.45, 2.75) is 19.4 Å². The molecule has 0 radical (unpaired) electrons. The second-order valence-corrected chi connectivity index (χ2v) is 7.22. The molecule has 2 heterocycles. The Morgan fingerprint density at radius 2 is 1.93 bits per heavy atom. The zero-order valence-electron chi connectivity index (χ0n) is 15.9. The van der Waals surface area contributed by atoms with Gasteiger partial charge < -0.3 is 14.1 Å². The molecule has 0 N–H and O–H groups in total. The third-order valence-electron chi connectivity index (χ3n) is 5.27. The van der Waals surface area contributed by atoms with E-state index in [1.807, 2.05) is 42.5 Å². The van der Waals surface area contributed by atoms with E-state index in [4.69, 9.17) is 9.15 Å². The number of methoxy groups -OCH3 is 1. The number of ether oxygens (including phenoxy) is 1. The highest BCUT2D eigenvalue weighted by Gasteiger charge is 2.30. The van der Waals surface area contributed by atoms with Crippen molar-refractivity contribution >= 4 is 22.5 Å². The van der Waals surface area contributed by atoms with Gasteiger partial charge >= 0.3 is 0 Å². The van der Waals surface area contributed by atoms with Crippen LogP contribution in [0.5, 0.6) is 0 Å². The Kier molecular flexibility index (Phi) is 5.26. The molecule has 1 amide bonds. The van der Waals surface area contributed by atoms with Crippen LogP contribution in [0.15, 0.2) is 59.0 Å². The topological polar surface area (TPSA) is 59.8 Å². The molecule has 4 rings (SSSR count). The van der Waals surface area contributed by atoms with Crippen molar-refractivity contribution in [2.75, 3.05) is 20.2 Å². The van der Waals surface area contributed by atoms with Crippen LogP contribution < -0.4 is 0 Å². The van der Waals surface area contributed by atoms with Gasteiger partial charge in [-0.15, -0.1) is 0 Å². The number of hydrogen-bond acceptors (Lipinski definition) is 4. The third kappa shape index (κ3) is 3.71. The Labute approximate surface area is 163 Å². The number of rotatable bonds is 5. The first-order chi connectivity index (χ1) is 13.7. The smallest absolute Gasteiger partial charge is 0.289 e. The van der Waals surface area contributed by atoms with Crippen LogP contribution in [0.4, 0.5) is 0 Å². The fourth-order valence-electron chi connectivity index (χ4n) is 3.82. The Hall–Kier alpha value is -2.92. The van der Waals surface area contributed by atoms with Crippen LogP contribution >= 0.6 is 0 Å². The minimum absolute atomic E-state index is 0.0998. The molecule has 5 heteroatoms. The van der Waals surface area contributed by atoms with Crippen LogP contribution in [0, 0.1) is 5.92 Å². The molecule has 144 valence electrons. The van der Waals surface area contributed by atoms with Gasteiger partial charge in [0.05, 0.1) is 0 Å². The molecule has 1 fully saturated rings. The van der Waals surface area contributed by atoms with Crippen molar-refractivity contribution in [2.24, 2.45) is 5.92 Å². The van der Waals surface area contributed by atoms with Crippen LogP contribution in [-0.2, 0) is 11.3 Å². The molecule has 2 aromatic carbocycles. The van der Waals surface area contributed by atoms with Crippen LogP contribution in [0.1, 0.15) is 39.5 Å². The number of Topliss-reactive ketones (excluding diaryl/α,β-unsaturated/α-hetero) is 1. The maximum atomic E-state index is 13.1. The van der Waals surface area contributed by atoms with Crippen molar-refractivity contribution in [3.8, 4) is 0 Å². The van der Waals surface area contributed by atoms with E-state index in [1.165, 1.54) is 0 Å². The fourth-order valence-corrected chi connectivity index (χ4v) is 3.82. The Morgan fingerprint density at radius 3 is 2.75 bits per heavy atom. The number of likely N-dealkylation sites (tertiary alicyclic amines) is 1. The zero-order chi connectivity index (χ0) is 19.5. The van der Waals surface area contributed by atoms with Gasteiger partial charge in [-0.05, 0) is 41.8 Å². The van der Waals surface area contributed by atoms with Gasteiger partial charge in [0.15, 0.2) is 11.5 Å². The Morgan fingerprint density at radius 1 is 1.11 bits per heavy atom. The lowest BCUT2D eigenvalue weighted by atomic mass is 9.89. The van der Waals surface area contributed by atoms with Crippen molar-refractivity contribution in [3.63, 3.8) is 0 Å². The third-order valence-corrected chi connectivity index (χ3v) is 5.27. The first-order valence-electron chi connectivity index (χ1n) is 9.55. The largest absolute Gasteiger partial charge is 0.453 e. The number of furan rings is 1. The molecule has 1 aliphatic rings. The monoisotopic (exact) mass is 377 g/mol. The van der Waals surface area contributed by atoms with E-state index in [-0.39, 0.29) is 17.6 Å². The maximum absolute atomic E-state index is 13.1. The van der Waals surface area contributed by atoms with Crippen molar-refractivity contribution in [1.29, 1.82) is 0 Å². The molecule has 1 saturated heterocycles. The average Bonchev–Trinajstić information content (AvgIpc) is 3.21. The summed E-state index contributed by atoms with van der Waals surface area (Å²) in [5.41, 5.74) is 0.707. The van der Waals surface area contributed by atoms with E-state index in [9.17, 15) is 9.59 Å². The lowest BCUT2D eigenvalue weighted by molar-refractivity contribution is 0.0605. The number of amides is 1. The van der Waals surface area contributed by atoms with Crippen LogP contribution in [0.3, 0.4) is 0 Å². The number of benzene rings is 2. The van der Waals surface area contributed by atoms with Gasteiger partial charge in [0.25, 0.3) is 5.91 Å². The Bertz CT molecular complexity index is 1010. The predicted octanol–water partition coefficient (Wildman–Crippen LogP) is 4.31. The van der Waals surface area contributed by atoms with Crippen LogP contribution in [0.25, 0.3) is 10.8 Å². The molecule has 1 atom stereocenters. The molecule has 3 aromatic rings. The van der Waals surface area contributed by atoms with E-state index in [1.54, 1.807) is 24.1 Å². The number of hydrogen-bond donors (Lipinski definition) is 0. The number of carbonyl (C=O) groups is 2. The van der Waals surface area contributed by atoms with Crippen molar-refractivity contribution in [3.05, 3.63) is 71.7 Å². The van der Waals surface area contributed by atoms with Crippen LogP contribution in [-0.4, -0.2) is 36.8 Å². The summed E-state index contributed by atoms with van der Waals surface area (Å²) in [6.07, 6.45) is 1.60. The summed E-state index contributed by atoms with van der Waals surface area (Å²) in [5.74, 6) is 0.658. The van der Waals surface area contributed by atoms with Gasteiger partial charge in [-0.1, -0.05) is 36.4 Å². The van der Waals surface area contributed by atoms with Crippen molar-refractivity contribution in [1.82, 2.24) is 4.90 Å². The first kappa shape index (κ1) is 18.4. The quantitative estimate of drug-likeness (QED) is 0.622. The molecular weight excluding hydrogens is 354 g/mol. The second kappa shape index (κ2) is 7.98. The Balaban J connectivity index is 1.49. The number of fused-ring (bicyclic) bond motifs is 1. The van der Waals surface area contributed by atoms with E-state index < -0.39 is 0 Å². The van der Waals surface area contributed by atoms with Gasteiger partial charge in [-0.2, -0.15) is 0 Å². The summed E-state index contributed by atoms with van der Waals surface area (Å²) < 4.78 is 10.6. The summed E-state index contributed by atoms with van der Waals surface area (Å²) in [5, 5.41) is 2.17. The molecule has 1 unspecified atom stereocenters. The van der Waals surface area contributed by atoms with Crippen molar-refractivity contribution < 1.29 is 18.7 Å². The lowest BCUT2D eigenvalue weighted by Gasteiger charge is -2.31. The van der Waals surface area contributed by atoms with Gasteiger partial charge in [0, 0.05) is 31.7 Å². The summed E-state index contributed by atoms with van der Waals surface area (Å²) in [4.78, 5) is 27.6. The number of nitrogens with zero attached hydrogens (tertiary/aromatic N) is 1. The van der Waals surface area contributed by atoms with Gasteiger partial charge in [0.2, 0.25) is 0 Å². The highest BCUT2D eigenvalue weighted by Crippen LogP contribution is 2.25. The SMILES string of the molecule is COCc1ccc(C(=O)N2CCCC(C(=O)c3ccc4ccccc4c3)C2)o1. The van der Waals surface area contributed by atoms with E-state index in [0.717, 1.165) is 23.6 Å². The van der Waals surface area contributed by atoms with E-state index in [0.29, 0.717) is 36.8 Å². The maximum Gasteiger partial charge on any atom is 0.289 e. The second-order valence-electron chi connectivity index (χ2n) is 7.22. The first-order valence-corrected chi connectivity index (χ1v) is 9.55. The van der Waals surface area contributed by atoms with Gasteiger partial charge in [-0.3, -0.25) is 9.59 Å². The summed E-state index contributed by atoms with van der Waals surface area (Å²) >= 11 is 0. The van der Waals surface area contributed by atoms with E-state index in [2.05, 4.69) is 0 Å². The minimum Gasteiger partial charge on any atom is -0.453 e. The molecule has 1 aliphatic heterocycles. The molecule has 0 spiro atoms. The highest BCUT2D eigenvalue weighted by molar-refractivity contribution is 6.02. The normalized spacial score (nSPS) is 17.0. The number of ketones is 1. The summed E-state index contributed by atoms with van der Waals surface area (Å²) in [6.45, 7) is 1.39. The molecule has 5 nitrogen and oxygen atoms in total. The molecule has 28 heavy (non-hydrogen) atoms. The highest BCUT2D eigenvalue weighted by atomic mass is 16.5. The zero-order valence-corrected chi connectivity index (χ0v) is 15.9. The lowest BCUT2D eigenvalue weighted by Crippen LogP contribution is -2.42. The van der Waals surface area contributed by atoms with E-state index >= 15 is 0 Å². The molecule has 0 bridgehead atoms. The summed E-state index contributed by atoms with van der Waals surface area (Å²) in [6, 6.07) is 17.2. The fraction of sp³-hybridized carbons (Fsp3) is 0.304. The average molecular weight is 377 g/mol.